The van der Waals surface area contributed by atoms with Crippen LogP contribution in [0.3, 0.4) is 0 Å². The maximum atomic E-state index is 10.8. The summed E-state index contributed by atoms with van der Waals surface area (Å²) >= 11 is 16.6. The molecule has 13 heavy (non-hydrogen) atoms. The fourth-order valence-corrected chi connectivity index (χ4v) is 1.17. The molecule has 0 radical (unpaired) electrons. The van der Waals surface area contributed by atoms with Crippen LogP contribution in [0.15, 0.2) is 12.3 Å². The number of hydrogen-bond donors (Lipinski definition) is 1. The Morgan fingerprint density at radius 2 is 2.23 bits per heavy atom. The van der Waals surface area contributed by atoms with Crippen LogP contribution in [0.25, 0.3) is 0 Å². The Bertz CT molecular complexity index is 330. The molecule has 0 aliphatic carbocycles. The molecule has 1 rings (SSSR count). The summed E-state index contributed by atoms with van der Waals surface area (Å²) in [5.74, 6) is -0.240. The van der Waals surface area contributed by atoms with Gasteiger partial charge in [0.2, 0.25) is 5.91 Å². The summed E-state index contributed by atoms with van der Waals surface area (Å²) in [4.78, 5) is 14.7. The summed E-state index contributed by atoms with van der Waals surface area (Å²) in [5.41, 5.74) is 0. The average Bonchev–Trinajstić information content (AvgIpc) is 2.09. The van der Waals surface area contributed by atoms with Crippen LogP contribution in [0.2, 0.25) is 10.0 Å². The molecule has 6 heteroatoms. The van der Waals surface area contributed by atoms with E-state index in [0.717, 1.165) is 0 Å². The van der Waals surface area contributed by atoms with Crippen LogP contribution in [0, 0.1) is 0 Å². The molecule has 0 aromatic carbocycles. The van der Waals surface area contributed by atoms with Crippen molar-refractivity contribution in [1.29, 1.82) is 0 Å². The van der Waals surface area contributed by atoms with Crippen molar-refractivity contribution in [2.24, 2.45) is 0 Å². The maximum Gasteiger partial charge on any atom is 0.240 e. The van der Waals surface area contributed by atoms with Gasteiger partial charge in [0.1, 0.15) is 5.88 Å². The smallest absolute Gasteiger partial charge is 0.240 e. The number of anilines is 1. The number of nitrogens with one attached hydrogen (secondary N) is 1. The van der Waals surface area contributed by atoms with Crippen molar-refractivity contribution in [3.63, 3.8) is 0 Å². The summed E-state index contributed by atoms with van der Waals surface area (Å²) in [5, 5.41) is 3.11. The predicted molar refractivity (Wildman–Crippen MR) is 53.6 cm³/mol. The van der Waals surface area contributed by atoms with Gasteiger partial charge < -0.3 is 5.32 Å². The van der Waals surface area contributed by atoms with E-state index < -0.39 is 0 Å². The van der Waals surface area contributed by atoms with Crippen molar-refractivity contribution < 1.29 is 4.79 Å². The molecule has 1 amide bonds. The second kappa shape index (κ2) is 4.65. The lowest BCUT2D eigenvalue weighted by atomic mass is 10.4. The van der Waals surface area contributed by atoms with E-state index in [9.17, 15) is 4.79 Å². The topological polar surface area (TPSA) is 42.0 Å². The van der Waals surface area contributed by atoms with Crippen LogP contribution >= 0.6 is 34.8 Å². The molecule has 0 spiro atoms. The predicted octanol–water partition coefficient (Wildman–Crippen LogP) is 2.57. The molecule has 0 atom stereocenters. The zero-order valence-electron chi connectivity index (χ0n) is 6.35. The first-order valence-corrected chi connectivity index (χ1v) is 4.59. The standard InChI is InChI=1S/C7H5Cl3N2O/c8-2-6(13)12-7-5(10)1-4(9)3-11-7/h1,3H,2H2,(H,11,12,13). The quantitative estimate of drug-likeness (QED) is 0.806. The lowest BCUT2D eigenvalue weighted by Gasteiger charge is -2.03. The van der Waals surface area contributed by atoms with Crippen molar-refractivity contribution in [3.05, 3.63) is 22.3 Å². The fourth-order valence-electron chi connectivity index (χ4n) is 0.672. The Kier molecular flexibility index (Phi) is 3.78. The Balaban J connectivity index is 2.83. The molecule has 0 aliphatic heterocycles. The largest absolute Gasteiger partial charge is 0.308 e. The summed E-state index contributed by atoms with van der Waals surface area (Å²) in [7, 11) is 0. The minimum absolute atomic E-state index is 0.138. The van der Waals surface area contributed by atoms with E-state index in [1.54, 1.807) is 0 Å². The minimum Gasteiger partial charge on any atom is -0.308 e. The first-order chi connectivity index (χ1) is 6.13. The Morgan fingerprint density at radius 1 is 1.54 bits per heavy atom. The zero-order chi connectivity index (χ0) is 9.84. The molecule has 1 aromatic heterocycles. The summed E-state index contributed by atoms with van der Waals surface area (Å²) in [6.07, 6.45) is 1.39. The van der Waals surface area contributed by atoms with E-state index in [1.807, 2.05) is 0 Å². The number of pyridine rings is 1. The average molecular weight is 239 g/mol. The van der Waals surface area contributed by atoms with Crippen LogP contribution in [-0.4, -0.2) is 16.8 Å². The van der Waals surface area contributed by atoms with E-state index in [4.69, 9.17) is 34.8 Å². The third kappa shape index (κ3) is 3.03. The lowest BCUT2D eigenvalue weighted by molar-refractivity contribution is -0.113. The van der Waals surface area contributed by atoms with Crippen LogP contribution in [0.1, 0.15) is 0 Å². The van der Waals surface area contributed by atoms with Gasteiger partial charge in [-0.25, -0.2) is 4.98 Å². The van der Waals surface area contributed by atoms with Crippen molar-refractivity contribution in [1.82, 2.24) is 4.98 Å². The van der Waals surface area contributed by atoms with Gasteiger partial charge >= 0.3 is 0 Å². The lowest BCUT2D eigenvalue weighted by Crippen LogP contribution is -2.13. The first kappa shape index (κ1) is 10.6. The van der Waals surface area contributed by atoms with Gasteiger partial charge in [0.15, 0.2) is 5.82 Å². The van der Waals surface area contributed by atoms with Crippen LogP contribution in [0.5, 0.6) is 0 Å². The van der Waals surface area contributed by atoms with Crippen LogP contribution in [0.4, 0.5) is 5.82 Å². The van der Waals surface area contributed by atoms with Crippen LogP contribution < -0.4 is 5.32 Å². The second-order valence-corrected chi connectivity index (χ2v) is 3.28. The van der Waals surface area contributed by atoms with Gasteiger partial charge in [0, 0.05) is 6.20 Å². The molecule has 70 valence electrons. The number of hydrogen-bond acceptors (Lipinski definition) is 2. The number of rotatable bonds is 2. The van der Waals surface area contributed by atoms with E-state index in [0.29, 0.717) is 5.02 Å². The van der Waals surface area contributed by atoms with Gasteiger partial charge in [-0.05, 0) is 6.07 Å². The van der Waals surface area contributed by atoms with Crippen molar-refractivity contribution in [2.75, 3.05) is 11.2 Å². The van der Waals surface area contributed by atoms with E-state index in [2.05, 4.69) is 10.3 Å². The van der Waals surface area contributed by atoms with Gasteiger partial charge in [-0.15, -0.1) is 11.6 Å². The number of halogens is 3. The monoisotopic (exact) mass is 238 g/mol. The number of amides is 1. The highest BCUT2D eigenvalue weighted by Gasteiger charge is 2.05. The molecule has 0 unspecified atom stereocenters. The van der Waals surface area contributed by atoms with Gasteiger partial charge in [0.25, 0.3) is 0 Å². The SMILES string of the molecule is O=C(CCl)Nc1ncc(Cl)cc1Cl. The summed E-state index contributed by atoms with van der Waals surface area (Å²) in [6.45, 7) is 0. The molecule has 1 N–H and O–H groups in total. The Hall–Kier alpha value is -0.510. The summed E-state index contributed by atoms with van der Waals surface area (Å²) in [6, 6.07) is 1.49. The van der Waals surface area contributed by atoms with Gasteiger partial charge in [-0.3, -0.25) is 4.79 Å². The molecule has 1 aromatic rings. The molecular weight excluding hydrogens is 234 g/mol. The summed E-state index contributed by atoms with van der Waals surface area (Å²) < 4.78 is 0. The highest BCUT2D eigenvalue weighted by Crippen LogP contribution is 2.22. The van der Waals surface area contributed by atoms with E-state index >= 15 is 0 Å². The van der Waals surface area contributed by atoms with E-state index in [1.165, 1.54) is 12.3 Å². The van der Waals surface area contributed by atoms with Gasteiger partial charge in [-0.2, -0.15) is 0 Å². The first-order valence-electron chi connectivity index (χ1n) is 3.30. The molecule has 0 fully saturated rings. The number of carbonyl (C=O) groups is 1. The highest BCUT2D eigenvalue weighted by atomic mass is 35.5. The maximum absolute atomic E-state index is 10.8. The van der Waals surface area contributed by atoms with Gasteiger partial charge in [-0.1, -0.05) is 23.2 Å². The third-order valence-electron chi connectivity index (χ3n) is 1.19. The van der Waals surface area contributed by atoms with Crippen molar-refractivity contribution >= 4 is 46.5 Å². The van der Waals surface area contributed by atoms with Crippen molar-refractivity contribution in [2.45, 2.75) is 0 Å². The van der Waals surface area contributed by atoms with Crippen molar-refractivity contribution in [3.8, 4) is 0 Å². The van der Waals surface area contributed by atoms with Crippen LogP contribution in [-0.2, 0) is 4.79 Å². The number of nitrogens with zero attached hydrogens (tertiary/aromatic N) is 1. The number of aromatic nitrogens is 1. The third-order valence-corrected chi connectivity index (χ3v) is 1.92. The normalized spacial score (nSPS) is 9.77. The zero-order valence-corrected chi connectivity index (χ0v) is 8.62. The molecule has 0 bridgehead atoms. The molecule has 0 saturated carbocycles. The molecule has 0 aliphatic rings. The number of alkyl halides is 1. The Labute approximate surface area is 90.0 Å². The molecular formula is C7H5Cl3N2O. The molecule has 3 nitrogen and oxygen atoms in total. The second-order valence-electron chi connectivity index (χ2n) is 2.17. The molecule has 0 saturated heterocycles. The van der Waals surface area contributed by atoms with Gasteiger partial charge in [0.05, 0.1) is 10.0 Å². The fraction of sp³-hybridized carbons (Fsp3) is 0.143. The molecule has 1 heterocycles. The number of carbonyl (C=O) groups excluding carboxylic acids is 1. The highest BCUT2D eigenvalue weighted by molar-refractivity contribution is 6.36. The minimum atomic E-state index is -0.363. The van der Waals surface area contributed by atoms with E-state index in [-0.39, 0.29) is 22.6 Å². The Morgan fingerprint density at radius 3 is 2.77 bits per heavy atom.